The van der Waals surface area contributed by atoms with Crippen LogP contribution in [0.3, 0.4) is 0 Å². The summed E-state index contributed by atoms with van der Waals surface area (Å²) in [6.07, 6.45) is 0. The molecule has 0 unspecified atom stereocenters. The van der Waals surface area contributed by atoms with Crippen molar-refractivity contribution in [3.63, 3.8) is 0 Å². The zero-order valence-electron chi connectivity index (χ0n) is 10.7. The Morgan fingerprint density at radius 2 is 1.76 bits per heavy atom. The van der Waals surface area contributed by atoms with E-state index in [1.807, 2.05) is 12.4 Å². The highest BCUT2D eigenvalue weighted by Crippen LogP contribution is 2.28. The third-order valence-corrected chi connectivity index (χ3v) is 3.65. The van der Waals surface area contributed by atoms with Gasteiger partial charge in [0.1, 0.15) is 10.8 Å². The molecule has 0 aliphatic heterocycles. The van der Waals surface area contributed by atoms with Crippen LogP contribution in [0.15, 0.2) is 29.6 Å². The average Bonchev–Trinajstić information content (AvgIpc) is 2.76. The van der Waals surface area contributed by atoms with Crippen LogP contribution in [0, 0.1) is 0 Å². The Hall–Kier alpha value is -1.35. The second-order valence-corrected chi connectivity index (χ2v) is 5.97. The highest BCUT2D eigenvalue weighted by atomic mass is 32.1. The lowest BCUT2D eigenvalue weighted by molar-refractivity contribution is 0.590. The molecule has 0 aliphatic carbocycles. The van der Waals surface area contributed by atoms with Crippen molar-refractivity contribution in [2.45, 2.75) is 26.2 Å². The molecule has 0 aliphatic rings. The first-order valence-corrected chi connectivity index (χ1v) is 6.63. The Morgan fingerprint density at radius 3 is 2.24 bits per heavy atom. The third-order valence-electron chi connectivity index (χ3n) is 2.76. The zero-order chi connectivity index (χ0) is 12.5. The minimum absolute atomic E-state index is 0.206. The van der Waals surface area contributed by atoms with Crippen LogP contribution < -0.4 is 5.32 Å². The molecular formula is C14H18N2S. The van der Waals surface area contributed by atoms with E-state index >= 15 is 0 Å². The number of benzene rings is 1. The van der Waals surface area contributed by atoms with Gasteiger partial charge in [-0.15, -0.1) is 11.3 Å². The summed E-state index contributed by atoms with van der Waals surface area (Å²) in [6, 6.07) is 8.68. The van der Waals surface area contributed by atoms with Crippen molar-refractivity contribution >= 4 is 17.2 Å². The lowest BCUT2D eigenvalue weighted by Crippen LogP contribution is -2.10. The highest BCUT2D eigenvalue weighted by molar-refractivity contribution is 7.13. The van der Waals surface area contributed by atoms with Crippen molar-refractivity contribution in [2.75, 3.05) is 12.4 Å². The maximum Gasteiger partial charge on any atom is 0.137 e. The van der Waals surface area contributed by atoms with Gasteiger partial charge in [0.2, 0.25) is 0 Å². The van der Waals surface area contributed by atoms with Crippen molar-refractivity contribution in [3.8, 4) is 10.6 Å². The van der Waals surface area contributed by atoms with Crippen LogP contribution in [0.25, 0.3) is 10.6 Å². The van der Waals surface area contributed by atoms with E-state index < -0.39 is 0 Å². The largest absolute Gasteiger partial charge is 0.372 e. The van der Waals surface area contributed by atoms with Gasteiger partial charge in [0, 0.05) is 18.0 Å². The fraction of sp³-hybridized carbons (Fsp3) is 0.357. The van der Waals surface area contributed by atoms with Gasteiger partial charge in [-0.1, -0.05) is 45.0 Å². The standard InChI is InChI=1S/C14H18N2S/c1-14(2,3)11-7-5-10(6-8-11)13-16-12(15-4)9-17-13/h5-9,15H,1-4H3. The Bertz CT molecular complexity index is 492. The van der Waals surface area contributed by atoms with E-state index in [0.717, 1.165) is 10.8 Å². The molecule has 0 radical (unpaired) electrons. The van der Waals surface area contributed by atoms with Crippen LogP contribution >= 0.6 is 11.3 Å². The molecule has 2 rings (SSSR count). The third kappa shape index (κ3) is 2.67. The molecule has 1 aromatic carbocycles. The first-order valence-electron chi connectivity index (χ1n) is 5.75. The predicted octanol–water partition coefficient (Wildman–Crippen LogP) is 4.15. The summed E-state index contributed by atoms with van der Waals surface area (Å²) in [7, 11) is 1.89. The minimum Gasteiger partial charge on any atom is -0.372 e. The summed E-state index contributed by atoms with van der Waals surface area (Å²) >= 11 is 1.67. The number of rotatable bonds is 2. The molecule has 90 valence electrons. The van der Waals surface area contributed by atoms with Crippen molar-refractivity contribution < 1.29 is 0 Å². The number of hydrogen-bond acceptors (Lipinski definition) is 3. The van der Waals surface area contributed by atoms with Crippen molar-refractivity contribution in [3.05, 3.63) is 35.2 Å². The summed E-state index contributed by atoms with van der Waals surface area (Å²) < 4.78 is 0. The zero-order valence-corrected chi connectivity index (χ0v) is 11.6. The normalized spacial score (nSPS) is 11.5. The molecule has 0 amide bonds. The van der Waals surface area contributed by atoms with Crippen LogP contribution in [0.1, 0.15) is 26.3 Å². The predicted molar refractivity (Wildman–Crippen MR) is 75.8 cm³/mol. The van der Waals surface area contributed by atoms with Gasteiger partial charge in [0.05, 0.1) is 0 Å². The molecule has 2 aromatic rings. The Kier molecular flexibility index (Phi) is 3.20. The minimum atomic E-state index is 0.206. The number of nitrogens with zero attached hydrogens (tertiary/aromatic N) is 1. The number of thiazole rings is 1. The van der Waals surface area contributed by atoms with Crippen LogP contribution in [0.5, 0.6) is 0 Å². The molecule has 0 bridgehead atoms. The lowest BCUT2D eigenvalue weighted by Gasteiger charge is -2.18. The summed E-state index contributed by atoms with van der Waals surface area (Å²) in [6.45, 7) is 6.68. The summed E-state index contributed by atoms with van der Waals surface area (Å²) in [5.41, 5.74) is 2.74. The number of anilines is 1. The average molecular weight is 246 g/mol. The molecule has 2 nitrogen and oxygen atoms in total. The SMILES string of the molecule is CNc1csc(-c2ccc(C(C)(C)C)cc2)n1. The van der Waals surface area contributed by atoms with Gasteiger partial charge < -0.3 is 5.32 Å². The van der Waals surface area contributed by atoms with Crippen molar-refractivity contribution in [2.24, 2.45) is 0 Å². The van der Waals surface area contributed by atoms with Gasteiger partial charge in [-0.2, -0.15) is 0 Å². The lowest BCUT2D eigenvalue weighted by atomic mass is 9.87. The molecule has 3 heteroatoms. The molecule has 0 spiro atoms. The molecule has 1 N–H and O–H groups in total. The Labute approximate surface area is 107 Å². The summed E-state index contributed by atoms with van der Waals surface area (Å²) in [5, 5.41) is 6.15. The van der Waals surface area contributed by atoms with E-state index in [-0.39, 0.29) is 5.41 Å². The fourth-order valence-electron chi connectivity index (χ4n) is 1.63. The molecule has 0 saturated heterocycles. The van der Waals surface area contributed by atoms with Gasteiger partial charge in [0.25, 0.3) is 0 Å². The van der Waals surface area contributed by atoms with Crippen LogP contribution in [-0.2, 0) is 5.41 Å². The van der Waals surface area contributed by atoms with Crippen LogP contribution in [0.4, 0.5) is 5.82 Å². The van der Waals surface area contributed by atoms with E-state index in [9.17, 15) is 0 Å². The molecule has 0 atom stereocenters. The molecule has 0 fully saturated rings. The van der Waals surface area contributed by atoms with Gasteiger partial charge in [-0.25, -0.2) is 4.98 Å². The number of aromatic nitrogens is 1. The first kappa shape index (κ1) is 12.1. The monoisotopic (exact) mass is 246 g/mol. The van der Waals surface area contributed by atoms with Gasteiger partial charge in [-0.3, -0.25) is 0 Å². The van der Waals surface area contributed by atoms with E-state index in [4.69, 9.17) is 0 Å². The van der Waals surface area contributed by atoms with Crippen LogP contribution in [0.2, 0.25) is 0 Å². The number of nitrogens with one attached hydrogen (secondary N) is 1. The fourth-order valence-corrected chi connectivity index (χ4v) is 2.45. The maximum absolute atomic E-state index is 4.50. The maximum atomic E-state index is 4.50. The molecule has 1 heterocycles. The van der Waals surface area contributed by atoms with Gasteiger partial charge >= 0.3 is 0 Å². The molecule has 1 aromatic heterocycles. The first-order chi connectivity index (χ1) is 8.00. The molecule has 17 heavy (non-hydrogen) atoms. The van der Waals surface area contributed by atoms with E-state index in [2.05, 4.69) is 55.3 Å². The van der Waals surface area contributed by atoms with E-state index in [0.29, 0.717) is 0 Å². The number of hydrogen-bond donors (Lipinski definition) is 1. The summed E-state index contributed by atoms with van der Waals surface area (Å²) in [5.74, 6) is 0.935. The van der Waals surface area contributed by atoms with E-state index in [1.165, 1.54) is 11.1 Å². The van der Waals surface area contributed by atoms with E-state index in [1.54, 1.807) is 11.3 Å². The quantitative estimate of drug-likeness (QED) is 0.861. The second-order valence-electron chi connectivity index (χ2n) is 5.12. The topological polar surface area (TPSA) is 24.9 Å². The van der Waals surface area contributed by atoms with Gasteiger partial charge in [-0.05, 0) is 11.0 Å². The van der Waals surface area contributed by atoms with Crippen molar-refractivity contribution in [1.82, 2.24) is 4.98 Å². The summed E-state index contributed by atoms with van der Waals surface area (Å²) in [4.78, 5) is 4.50. The smallest absolute Gasteiger partial charge is 0.137 e. The van der Waals surface area contributed by atoms with Crippen LogP contribution in [-0.4, -0.2) is 12.0 Å². The second kappa shape index (κ2) is 4.49. The Morgan fingerprint density at radius 1 is 1.12 bits per heavy atom. The highest BCUT2D eigenvalue weighted by Gasteiger charge is 2.13. The molecule has 0 saturated carbocycles. The van der Waals surface area contributed by atoms with Gasteiger partial charge in [0.15, 0.2) is 0 Å². The molecular weight excluding hydrogens is 228 g/mol. The Balaban J connectivity index is 2.29. The van der Waals surface area contributed by atoms with Crippen molar-refractivity contribution in [1.29, 1.82) is 0 Å².